The minimum Gasteiger partial charge on any atom is -0.329 e. The van der Waals surface area contributed by atoms with Crippen molar-refractivity contribution < 1.29 is 9.59 Å². The molecule has 0 radical (unpaired) electrons. The quantitative estimate of drug-likeness (QED) is 0.616. The van der Waals surface area contributed by atoms with Crippen molar-refractivity contribution in [3.05, 3.63) is 59.1 Å². The van der Waals surface area contributed by atoms with E-state index in [0.717, 1.165) is 29.4 Å². The fourth-order valence-electron chi connectivity index (χ4n) is 3.08. The van der Waals surface area contributed by atoms with E-state index in [-0.39, 0.29) is 18.4 Å². The molecule has 0 aliphatic rings. The Balaban J connectivity index is 1.75. The van der Waals surface area contributed by atoms with E-state index in [9.17, 15) is 9.59 Å². The number of nitrogens with one attached hydrogen (secondary N) is 1. The van der Waals surface area contributed by atoms with Gasteiger partial charge in [-0.25, -0.2) is 4.98 Å². The van der Waals surface area contributed by atoms with Gasteiger partial charge in [-0.2, -0.15) is 0 Å². The number of benzene rings is 2. The minimum atomic E-state index is -0.238. The fraction of sp³-hybridized carbons (Fsp3) is 0.318. The van der Waals surface area contributed by atoms with Crippen molar-refractivity contribution in [3.63, 3.8) is 0 Å². The first-order valence-corrected chi connectivity index (χ1v) is 10.4. The molecule has 0 saturated heterocycles. The number of amides is 2. The monoisotopic (exact) mass is 410 g/mol. The molecule has 0 unspecified atom stereocenters. The third-order valence-electron chi connectivity index (χ3n) is 4.52. The van der Waals surface area contributed by atoms with Crippen LogP contribution in [0, 0.1) is 6.92 Å². The summed E-state index contributed by atoms with van der Waals surface area (Å²) in [6.45, 7) is 3.23. The van der Waals surface area contributed by atoms with E-state index < -0.39 is 0 Å². The van der Waals surface area contributed by atoms with Crippen LogP contribution in [-0.4, -0.2) is 60.3 Å². The van der Waals surface area contributed by atoms with Gasteiger partial charge in [0, 0.05) is 17.5 Å². The lowest BCUT2D eigenvalue weighted by Crippen LogP contribution is -2.39. The van der Waals surface area contributed by atoms with Crippen LogP contribution in [0.15, 0.2) is 47.8 Å². The Bertz CT molecular complexity index is 999. The molecular weight excluding hydrogens is 384 g/mol. The number of hydrogen-bond donors (Lipinski definition) is 1. The lowest BCUT2D eigenvalue weighted by molar-refractivity contribution is -0.116. The molecule has 0 saturated carbocycles. The first kappa shape index (κ1) is 21.0. The summed E-state index contributed by atoms with van der Waals surface area (Å²) >= 11 is 1.38. The number of rotatable bonds is 8. The number of aryl methyl sites for hydroxylation is 1. The van der Waals surface area contributed by atoms with Crippen LogP contribution in [0.5, 0.6) is 0 Å². The minimum absolute atomic E-state index is 0.00227. The van der Waals surface area contributed by atoms with Gasteiger partial charge in [0.15, 0.2) is 5.13 Å². The number of carbonyl (C=O) groups is 2. The lowest BCUT2D eigenvalue weighted by Gasteiger charge is -2.23. The summed E-state index contributed by atoms with van der Waals surface area (Å²) in [5, 5.41) is 7.32. The van der Waals surface area contributed by atoms with Crippen LogP contribution in [0.4, 0.5) is 5.13 Å². The molecule has 3 aromatic rings. The smallest absolute Gasteiger partial charge is 0.254 e. The molecule has 1 heterocycles. The van der Waals surface area contributed by atoms with Crippen LogP contribution in [-0.2, 0) is 4.79 Å². The molecule has 7 heteroatoms. The predicted octanol–water partition coefficient (Wildman–Crippen LogP) is 3.64. The lowest BCUT2D eigenvalue weighted by atomic mass is 10.1. The van der Waals surface area contributed by atoms with Crippen LogP contribution in [0.3, 0.4) is 0 Å². The van der Waals surface area contributed by atoms with Crippen molar-refractivity contribution in [3.8, 4) is 0 Å². The predicted molar refractivity (Wildman–Crippen MR) is 119 cm³/mol. The first-order valence-electron chi connectivity index (χ1n) is 9.57. The van der Waals surface area contributed by atoms with Gasteiger partial charge in [0.05, 0.1) is 5.69 Å². The zero-order chi connectivity index (χ0) is 20.8. The van der Waals surface area contributed by atoms with Crippen molar-refractivity contribution in [2.45, 2.75) is 13.3 Å². The number of nitrogens with zero attached hydrogens (tertiary/aromatic N) is 3. The average Bonchev–Trinajstić information content (AvgIpc) is 3.10. The summed E-state index contributed by atoms with van der Waals surface area (Å²) in [5.41, 5.74) is 1.45. The van der Waals surface area contributed by atoms with Gasteiger partial charge in [-0.15, -0.1) is 11.3 Å². The Morgan fingerprint density at radius 1 is 1.07 bits per heavy atom. The molecule has 6 nitrogen and oxygen atoms in total. The summed E-state index contributed by atoms with van der Waals surface area (Å²) in [6.07, 6.45) is 0.788. The molecule has 0 bridgehead atoms. The second-order valence-corrected chi connectivity index (χ2v) is 8.15. The van der Waals surface area contributed by atoms with Gasteiger partial charge in [-0.3, -0.25) is 9.59 Å². The number of hydrogen-bond acceptors (Lipinski definition) is 5. The normalized spacial score (nSPS) is 11.0. The van der Waals surface area contributed by atoms with Crippen molar-refractivity contribution in [2.24, 2.45) is 0 Å². The summed E-state index contributed by atoms with van der Waals surface area (Å²) in [5.74, 6) is -0.377. The van der Waals surface area contributed by atoms with E-state index in [0.29, 0.717) is 17.2 Å². The largest absolute Gasteiger partial charge is 0.329 e. The van der Waals surface area contributed by atoms with Gasteiger partial charge in [0.1, 0.15) is 6.54 Å². The Hall–Kier alpha value is -2.77. The molecule has 3 rings (SSSR count). The molecule has 0 aliphatic carbocycles. The Kier molecular flexibility index (Phi) is 6.95. The third-order valence-corrected chi connectivity index (χ3v) is 5.39. The second-order valence-electron chi connectivity index (χ2n) is 7.29. The van der Waals surface area contributed by atoms with Crippen molar-refractivity contribution in [2.75, 3.05) is 39.0 Å². The highest BCUT2D eigenvalue weighted by Crippen LogP contribution is 2.18. The maximum absolute atomic E-state index is 13.2. The number of aromatic nitrogens is 1. The van der Waals surface area contributed by atoms with E-state index in [1.165, 1.54) is 11.3 Å². The van der Waals surface area contributed by atoms with E-state index in [2.05, 4.69) is 15.2 Å². The standard InChI is InChI=1S/C22H26N4O2S/c1-16-15-29-22(23-16)24-20(27)14-26(12-6-11-25(2)3)21(28)19-10-9-17-7-4-5-8-18(17)13-19/h4-5,7-10,13,15H,6,11-12,14H2,1-3H3,(H,23,24,27). The highest BCUT2D eigenvalue weighted by Gasteiger charge is 2.19. The van der Waals surface area contributed by atoms with Crippen molar-refractivity contribution >= 4 is 39.1 Å². The average molecular weight is 411 g/mol. The van der Waals surface area contributed by atoms with Crippen LogP contribution >= 0.6 is 11.3 Å². The number of carbonyl (C=O) groups excluding carboxylic acids is 2. The van der Waals surface area contributed by atoms with Gasteiger partial charge < -0.3 is 15.1 Å². The zero-order valence-corrected chi connectivity index (χ0v) is 17.8. The molecule has 2 aromatic carbocycles. The van der Waals surface area contributed by atoms with Crippen molar-refractivity contribution in [1.82, 2.24) is 14.8 Å². The maximum atomic E-state index is 13.2. The maximum Gasteiger partial charge on any atom is 0.254 e. The Labute approximate surface area is 175 Å². The molecule has 152 valence electrons. The molecule has 0 spiro atoms. The molecule has 2 amide bonds. The molecule has 0 atom stereocenters. The van der Waals surface area contributed by atoms with Gasteiger partial charge in [0.2, 0.25) is 5.91 Å². The number of thiazole rings is 1. The van der Waals surface area contributed by atoms with E-state index in [1.54, 1.807) is 4.90 Å². The molecule has 29 heavy (non-hydrogen) atoms. The highest BCUT2D eigenvalue weighted by molar-refractivity contribution is 7.13. The van der Waals surface area contributed by atoms with Crippen molar-refractivity contribution in [1.29, 1.82) is 0 Å². The second kappa shape index (κ2) is 9.62. The summed E-state index contributed by atoms with van der Waals surface area (Å²) in [4.78, 5) is 33.6. The molecule has 1 aromatic heterocycles. The Morgan fingerprint density at radius 3 is 2.52 bits per heavy atom. The van der Waals surface area contributed by atoms with Gasteiger partial charge in [-0.05, 0) is 56.9 Å². The van der Waals surface area contributed by atoms with Crippen LogP contribution in [0.1, 0.15) is 22.5 Å². The Morgan fingerprint density at radius 2 is 1.83 bits per heavy atom. The van der Waals surface area contributed by atoms with E-state index in [4.69, 9.17) is 0 Å². The van der Waals surface area contributed by atoms with E-state index in [1.807, 2.05) is 68.9 Å². The SMILES string of the molecule is Cc1csc(NC(=O)CN(CCCN(C)C)C(=O)c2ccc3ccccc3c2)n1. The van der Waals surface area contributed by atoms with E-state index >= 15 is 0 Å². The van der Waals surface area contributed by atoms with Crippen LogP contribution in [0.2, 0.25) is 0 Å². The summed E-state index contributed by atoms with van der Waals surface area (Å²) < 4.78 is 0. The van der Waals surface area contributed by atoms with Crippen LogP contribution in [0.25, 0.3) is 10.8 Å². The number of anilines is 1. The molecular formula is C22H26N4O2S. The molecule has 0 aliphatic heterocycles. The first-order chi connectivity index (χ1) is 13.9. The van der Waals surface area contributed by atoms with Gasteiger partial charge in [0.25, 0.3) is 5.91 Å². The molecule has 0 fully saturated rings. The fourth-order valence-corrected chi connectivity index (χ4v) is 3.78. The zero-order valence-electron chi connectivity index (χ0n) is 17.0. The van der Waals surface area contributed by atoms with Gasteiger partial charge >= 0.3 is 0 Å². The molecule has 1 N–H and O–H groups in total. The third kappa shape index (κ3) is 5.85. The van der Waals surface area contributed by atoms with Gasteiger partial charge in [-0.1, -0.05) is 30.3 Å². The number of fused-ring (bicyclic) bond motifs is 1. The summed E-state index contributed by atoms with van der Waals surface area (Å²) in [6, 6.07) is 13.6. The topological polar surface area (TPSA) is 65.5 Å². The summed E-state index contributed by atoms with van der Waals surface area (Å²) in [7, 11) is 3.99. The van der Waals surface area contributed by atoms with Crippen LogP contribution < -0.4 is 5.32 Å². The highest BCUT2D eigenvalue weighted by atomic mass is 32.1.